The first-order valence-corrected chi connectivity index (χ1v) is 10.3. The van der Waals surface area contributed by atoms with Crippen LogP contribution in [0.25, 0.3) is 16.9 Å². The molecule has 3 aromatic heterocycles. The van der Waals surface area contributed by atoms with Crippen LogP contribution in [0.4, 0.5) is 18.9 Å². The zero-order valence-corrected chi connectivity index (χ0v) is 17.8. The van der Waals surface area contributed by atoms with Crippen molar-refractivity contribution in [2.75, 3.05) is 0 Å². The van der Waals surface area contributed by atoms with E-state index in [-0.39, 0.29) is 52.6 Å². The van der Waals surface area contributed by atoms with E-state index in [0.717, 1.165) is 18.2 Å². The third-order valence-corrected chi connectivity index (χ3v) is 5.50. The molecule has 0 aliphatic rings. The topological polar surface area (TPSA) is 107 Å². The molecular formula is C24H15F3N4O4. The van der Waals surface area contributed by atoms with Crippen molar-refractivity contribution in [1.82, 2.24) is 14.4 Å². The highest BCUT2D eigenvalue weighted by Gasteiger charge is 2.24. The van der Waals surface area contributed by atoms with Crippen LogP contribution in [0.3, 0.4) is 0 Å². The average Bonchev–Trinajstić information content (AvgIpc) is 3.45. The van der Waals surface area contributed by atoms with Crippen molar-refractivity contribution < 1.29 is 27.6 Å². The number of hydrogen-bond donors (Lipinski definition) is 1. The predicted molar refractivity (Wildman–Crippen MR) is 117 cm³/mol. The van der Waals surface area contributed by atoms with Gasteiger partial charge in [0.15, 0.2) is 5.65 Å². The summed E-state index contributed by atoms with van der Waals surface area (Å²) < 4.78 is 50.3. The number of nitro groups is 1. The van der Waals surface area contributed by atoms with Crippen molar-refractivity contribution in [2.45, 2.75) is 12.8 Å². The normalized spacial score (nSPS) is 11.3. The lowest BCUT2D eigenvalue weighted by Gasteiger charge is -2.10. The molecule has 0 fully saturated rings. The highest BCUT2D eigenvalue weighted by molar-refractivity contribution is 5.66. The second-order valence-corrected chi connectivity index (χ2v) is 7.68. The first kappa shape index (κ1) is 22.1. The van der Waals surface area contributed by atoms with Gasteiger partial charge in [0.2, 0.25) is 11.7 Å². The van der Waals surface area contributed by atoms with E-state index in [4.69, 9.17) is 4.42 Å². The first-order valence-electron chi connectivity index (χ1n) is 10.3. The van der Waals surface area contributed by atoms with Gasteiger partial charge in [0.1, 0.15) is 23.1 Å². The molecule has 0 spiro atoms. The molecule has 3 heterocycles. The van der Waals surface area contributed by atoms with Gasteiger partial charge in [0, 0.05) is 29.8 Å². The number of aromatic hydroxyl groups is 1. The molecule has 0 unspecified atom stereocenters. The Hall–Kier alpha value is -4.67. The van der Waals surface area contributed by atoms with E-state index in [1.165, 1.54) is 35.1 Å². The third kappa shape index (κ3) is 3.97. The summed E-state index contributed by atoms with van der Waals surface area (Å²) in [5.41, 5.74) is -1.08. The number of fused-ring (bicyclic) bond motifs is 1. The van der Waals surface area contributed by atoms with Gasteiger partial charge in [-0.2, -0.15) is 4.39 Å². The summed E-state index contributed by atoms with van der Waals surface area (Å²) >= 11 is 0. The molecule has 11 heteroatoms. The van der Waals surface area contributed by atoms with Crippen LogP contribution in [0.15, 0.2) is 65.4 Å². The van der Waals surface area contributed by atoms with Gasteiger partial charge >= 0.3 is 5.69 Å². The summed E-state index contributed by atoms with van der Waals surface area (Å²) in [6.07, 6.45) is 2.45. The van der Waals surface area contributed by atoms with Crippen LogP contribution in [-0.4, -0.2) is 24.4 Å². The van der Waals surface area contributed by atoms with Crippen molar-refractivity contribution in [3.05, 3.63) is 111 Å². The minimum absolute atomic E-state index is 0.0263. The number of imidazole rings is 1. The molecular weight excluding hydrogens is 465 g/mol. The summed E-state index contributed by atoms with van der Waals surface area (Å²) in [4.78, 5) is 19.1. The molecule has 5 aromatic rings. The molecule has 2 aromatic carbocycles. The molecule has 0 atom stereocenters. The number of halogens is 3. The fourth-order valence-electron chi connectivity index (χ4n) is 3.82. The number of benzene rings is 2. The maximum Gasteiger partial charge on any atom is 0.305 e. The maximum absolute atomic E-state index is 15.0. The van der Waals surface area contributed by atoms with Crippen molar-refractivity contribution >= 4 is 11.3 Å². The molecule has 0 amide bonds. The van der Waals surface area contributed by atoms with Crippen LogP contribution in [0, 0.1) is 27.6 Å². The van der Waals surface area contributed by atoms with Crippen molar-refractivity contribution in [2.24, 2.45) is 0 Å². The summed E-state index contributed by atoms with van der Waals surface area (Å²) in [6.45, 7) is 0. The molecule has 0 saturated heterocycles. The molecule has 0 bridgehead atoms. The monoisotopic (exact) mass is 480 g/mol. The van der Waals surface area contributed by atoms with Crippen LogP contribution < -0.4 is 0 Å². The van der Waals surface area contributed by atoms with Crippen LogP contribution in [0.1, 0.15) is 22.7 Å². The smallest absolute Gasteiger partial charge is 0.305 e. The van der Waals surface area contributed by atoms with E-state index in [1.54, 1.807) is 12.1 Å². The fraction of sp³-hybridized carbons (Fsp3) is 0.0833. The van der Waals surface area contributed by atoms with Crippen molar-refractivity contribution in [3.63, 3.8) is 0 Å². The lowest BCUT2D eigenvalue weighted by Crippen LogP contribution is -2.05. The molecule has 5 rings (SSSR count). The van der Waals surface area contributed by atoms with Crippen molar-refractivity contribution in [3.8, 4) is 17.1 Å². The standard InChI is InChI=1S/C24H15F3N4O4/c25-16-6-2-7-17(26)15(16)11-18-23-29-19(10-13-4-3-9-35-13)24(32)30(23)12-20(28-18)14-5-1-8-21(22(14)27)31(33)34/h1-9,12,32H,10-11H2. The first-order chi connectivity index (χ1) is 16.8. The zero-order chi connectivity index (χ0) is 24.7. The van der Waals surface area contributed by atoms with Crippen LogP contribution >= 0.6 is 0 Å². The summed E-state index contributed by atoms with van der Waals surface area (Å²) in [5, 5.41) is 22.1. The van der Waals surface area contributed by atoms with Gasteiger partial charge < -0.3 is 9.52 Å². The molecule has 0 saturated carbocycles. The van der Waals surface area contributed by atoms with Crippen LogP contribution in [0.2, 0.25) is 0 Å². The Labute approximate surface area is 195 Å². The molecule has 0 radical (unpaired) electrons. The van der Waals surface area contributed by atoms with E-state index in [9.17, 15) is 28.4 Å². The van der Waals surface area contributed by atoms with Gasteiger partial charge in [-0.25, -0.2) is 18.7 Å². The number of furan rings is 1. The minimum Gasteiger partial charge on any atom is -0.493 e. The Bertz CT molecular complexity index is 1560. The van der Waals surface area contributed by atoms with Gasteiger partial charge in [-0.15, -0.1) is 0 Å². The second kappa shape index (κ2) is 8.60. The number of nitrogens with zero attached hydrogens (tertiary/aromatic N) is 4. The van der Waals surface area contributed by atoms with Gasteiger partial charge in [-0.05, 0) is 30.3 Å². The maximum atomic E-state index is 15.0. The Morgan fingerprint density at radius 2 is 1.71 bits per heavy atom. The van der Waals surface area contributed by atoms with Gasteiger partial charge in [-0.1, -0.05) is 12.1 Å². The number of hydrogen-bond acceptors (Lipinski definition) is 6. The Morgan fingerprint density at radius 3 is 2.40 bits per heavy atom. The zero-order valence-electron chi connectivity index (χ0n) is 17.8. The van der Waals surface area contributed by atoms with Gasteiger partial charge in [0.25, 0.3) is 0 Å². The number of nitro benzene ring substituents is 1. The lowest BCUT2D eigenvalue weighted by atomic mass is 10.1. The quantitative estimate of drug-likeness (QED) is 0.264. The van der Waals surface area contributed by atoms with Gasteiger partial charge in [-0.3, -0.25) is 14.5 Å². The molecule has 8 nitrogen and oxygen atoms in total. The second-order valence-electron chi connectivity index (χ2n) is 7.68. The predicted octanol–water partition coefficient (Wildman–Crippen LogP) is 5.20. The number of aromatic nitrogens is 3. The highest BCUT2D eigenvalue weighted by atomic mass is 19.1. The Morgan fingerprint density at radius 1 is 0.971 bits per heavy atom. The van der Waals surface area contributed by atoms with E-state index < -0.39 is 28.1 Å². The summed E-state index contributed by atoms with van der Waals surface area (Å²) in [7, 11) is 0. The van der Waals surface area contributed by atoms with E-state index in [1.807, 2.05) is 0 Å². The Kier molecular flexibility index (Phi) is 5.44. The van der Waals surface area contributed by atoms with E-state index in [2.05, 4.69) is 9.97 Å². The number of rotatable bonds is 6. The molecule has 176 valence electrons. The molecule has 35 heavy (non-hydrogen) atoms. The van der Waals surface area contributed by atoms with Crippen molar-refractivity contribution in [1.29, 1.82) is 0 Å². The fourth-order valence-corrected chi connectivity index (χ4v) is 3.82. The SMILES string of the molecule is O=[N+]([O-])c1cccc(-c2cn3c(O)c(Cc4ccco4)nc3c(Cc3c(F)cccc3F)n2)c1F. The molecule has 0 aliphatic carbocycles. The van der Waals surface area contributed by atoms with Gasteiger partial charge in [0.05, 0.1) is 29.0 Å². The van der Waals surface area contributed by atoms with Crippen LogP contribution in [-0.2, 0) is 12.8 Å². The minimum atomic E-state index is -1.14. The Balaban J connectivity index is 1.73. The molecule has 1 N–H and O–H groups in total. The van der Waals surface area contributed by atoms with E-state index in [0.29, 0.717) is 5.76 Å². The summed E-state index contributed by atoms with van der Waals surface area (Å²) in [5.74, 6) is -2.58. The van der Waals surface area contributed by atoms with Crippen LogP contribution in [0.5, 0.6) is 5.88 Å². The third-order valence-electron chi connectivity index (χ3n) is 5.50. The largest absolute Gasteiger partial charge is 0.493 e. The summed E-state index contributed by atoms with van der Waals surface area (Å²) in [6, 6.07) is 10.3. The van der Waals surface area contributed by atoms with E-state index >= 15 is 0 Å². The average molecular weight is 480 g/mol. The highest BCUT2D eigenvalue weighted by Crippen LogP contribution is 2.32. The lowest BCUT2D eigenvalue weighted by molar-refractivity contribution is -0.387. The molecule has 0 aliphatic heterocycles.